The van der Waals surface area contributed by atoms with Crippen LogP contribution in [0.4, 0.5) is 0 Å². The second-order valence-electron chi connectivity index (χ2n) is 12.2. The standard InChI is InChI=1S/C43H40O3P2/c1-5-44-31-23-27-35(28-24-31)47(33-15-9-7-10-16-33)39-21-13-19-37-41(39)46-42-38(43(37,3)4)20-14-22-40(42)48(34-17-11-8-12-18-34)36-29-25-32(26-30-36)45-6-2/h7-30H,5-6H2,1-4H3/t47-,48-/m0/s1. The third-order valence-corrected chi connectivity index (χ3v) is 13.8. The largest absolute Gasteiger partial charge is 0.494 e. The molecule has 1 aliphatic heterocycles. The van der Waals surface area contributed by atoms with Crippen molar-refractivity contribution in [3.63, 3.8) is 0 Å². The van der Waals surface area contributed by atoms with Gasteiger partial charge in [-0.3, -0.25) is 0 Å². The fraction of sp³-hybridized carbons (Fsp3) is 0.163. The number of benzene rings is 6. The molecule has 1 aliphatic rings. The molecule has 0 fully saturated rings. The van der Waals surface area contributed by atoms with Crippen molar-refractivity contribution in [3.05, 3.63) is 157 Å². The summed E-state index contributed by atoms with van der Waals surface area (Å²) in [6, 6.07) is 52.4. The van der Waals surface area contributed by atoms with E-state index in [9.17, 15) is 0 Å². The van der Waals surface area contributed by atoms with Gasteiger partial charge in [0.1, 0.15) is 23.0 Å². The lowest BCUT2D eigenvalue weighted by atomic mass is 9.76. The molecule has 0 amide bonds. The lowest BCUT2D eigenvalue weighted by molar-refractivity contribution is 0.340. The predicted molar refractivity (Wildman–Crippen MR) is 205 cm³/mol. The molecule has 0 aromatic heterocycles. The van der Waals surface area contributed by atoms with Gasteiger partial charge < -0.3 is 14.2 Å². The molecule has 0 saturated carbocycles. The Morgan fingerprint density at radius 1 is 0.458 bits per heavy atom. The van der Waals surface area contributed by atoms with Crippen molar-refractivity contribution in [2.45, 2.75) is 33.1 Å². The summed E-state index contributed by atoms with van der Waals surface area (Å²) in [5.74, 6) is 3.72. The van der Waals surface area contributed by atoms with Crippen LogP contribution in [0.15, 0.2) is 146 Å². The van der Waals surface area contributed by atoms with Crippen molar-refractivity contribution in [3.8, 4) is 23.0 Å². The van der Waals surface area contributed by atoms with Crippen LogP contribution in [0, 0.1) is 0 Å². The molecule has 2 atom stereocenters. The highest BCUT2D eigenvalue weighted by atomic mass is 31.1. The van der Waals surface area contributed by atoms with Gasteiger partial charge in [-0.15, -0.1) is 0 Å². The smallest absolute Gasteiger partial charge is 0.139 e. The Morgan fingerprint density at radius 3 is 1.21 bits per heavy atom. The van der Waals surface area contributed by atoms with Crippen molar-refractivity contribution in [1.29, 1.82) is 0 Å². The van der Waals surface area contributed by atoms with E-state index in [0.29, 0.717) is 13.2 Å². The Kier molecular flexibility index (Phi) is 9.36. The molecule has 5 heteroatoms. The molecule has 0 saturated heterocycles. The molecule has 3 nitrogen and oxygen atoms in total. The summed E-state index contributed by atoms with van der Waals surface area (Å²) >= 11 is 0. The van der Waals surface area contributed by atoms with E-state index in [4.69, 9.17) is 14.2 Å². The van der Waals surface area contributed by atoms with Crippen LogP contribution in [-0.2, 0) is 5.41 Å². The summed E-state index contributed by atoms with van der Waals surface area (Å²) in [5, 5.41) is 7.52. The Labute approximate surface area is 287 Å². The summed E-state index contributed by atoms with van der Waals surface area (Å²) in [7, 11) is -1.84. The number of hydrogen-bond donors (Lipinski definition) is 0. The Morgan fingerprint density at radius 2 is 0.833 bits per heavy atom. The number of ether oxygens (including phenoxy) is 3. The van der Waals surface area contributed by atoms with Crippen LogP contribution >= 0.6 is 15.8 Å². The summed E-state index contributed by atoms with van der Waals surface area (Å²) in [5.41, 5.74) is 2.15. The molecule has 0 spiro atoms. The maximum absolute atomic E-state index is 7.33. The number of fused-ring (bicyclic) bond motifs is 2. The minimum Gasteiger partial charge on any atom is -0.494 e. The fourth-order valence-corrected chi connectivity index (χ4v) is 11.3. The zero-order valence-electron chi connectivity index (χ0n) is 27.9. The van der Waals surface area contributed by atoms with E-state index >= 15 is 0 Å². The molecule has 6 aromatic rings. The molecule has 0 N–H and O–H groups in total. The molecule has 6 aromatic carbocycles. The molecule has 0 aliphatic carbocycles. The van der Waals surface area contributed by atoms with E-state index in [-0.39, 0.29) is 5.41 Å². The van der Waals surface area contributed by atoms with Gasteiger partial charge in [0.2, 0.25) is 0 Å². The Hall–Kier alpha value is -4.42. The van der Waals surface area contributed by atoms with Crippen molar-refractivity contribution in [2.75, 3.05) is 13.2 Å². The van der Waals surface area contributed by atoms with Gasteiger partial charge in [0, 0.05) is 27.2 Å². The number of hydrogen-bond acceptors (Lipinski definition) is 3. The van der Waals surface area contributed by atoms with Crippen LogP contribution in [-0.4, -0.2) is 13.2 Å². The number of para-hydroxylation sites is 2. The summed E-state index contributed by atoms with van der Waals surface area (Å²) < 4.78 is 19.0. The Balaban J connectivity index is 1.40. The first-order valence-electron chi connectivity index (χ1n) is 16.6. The van der Waals surface area contributed by atoms with Crippen LogP contribution in [0.3, 0.4) is 0 Å². The first-order valence-corrected chi connectivity index (χ1v) is 19.3. The molecule has 1 heterocycles. The normalized spacial score (nSPS) is 14.2. The number of rotatable bonds is 10. The topological polar surface area (TPSA) is 27.7 Å². The van der Waals surface area contributed by atoms with Gasteiger partial charge >= 0.3 is 0 Å². The summed E-state index contributed by atoms with van der Waals surface area (Å²) in [4.78, 5) is 0. The van der Waals surface area contributed by atoms with E-state index in [1.807, 2.05) is 13.8 Å². The average molecular weight is 667 g/mol. The lowest BCUT2D eigenvalue weighted by Gasteiger charge is -2.38. The van der Waals surface area contributed by atoms with Crippen LogP contribution in [0.5, 0.6) is 23.0 Å². The third kappa shape index (κ3) is 6.14. The molecule has 7 rings (SSSR count). The van der Waals surface area contributed by atoms with Gasteiger partial charge in [0.05, 0.1) is 13.2 Å². The zero-order chi connectivity index (χ0) is 33.1. The van der Waals surface area contributed by atoms with Crippen molar-refractivity contribution >= 4 is 47.7 Å². The second kappa shape index (κ2) is 14.0. The average Bonchev–Trinajstić information content (AvgIpc) is 3.12. The van der Waals surface area contributed by atoms with Gasteiger partial charge in [-0.1, -0.05) is 135 Å². The predicted octanol–water partition coefficient (Wildman–Crippen LogP) is 8.43. The molecular weight excluding hydrogens is 626 g/mol. The van der Waals surface area contributed by atoms with Gasteiger partial charge in [0.25, 0.3) is 0 Å². The van der Waals surface area contributed by atoms with Crippen LogP contribution < -0.4 is 46.0 Å². The van der Waals surface area contributed by atoms with E-state index in [1.165, 1.54) is 43.0 Å². The molecule has 240 valence electrons. The highest BCUT2D eigenvalue weighted by Crippen LogP contribution is 2.52. The molecule has 0 radical (unpaired) electrons. The quantitative estimate of drug-likeness (QED) is 0.138. The second-order valence-corrected chi connectivity index (χ2v) is 16.6. The van der Waals surface area contributed by atoms with Gasteiger partial charge in [-0.2, -0.15) is 0 Å². The summed E-state index contributed by atoms with van der Waals surface area (Å²) in [6.07, 6.45) is 0. The zero-order valence-corrected chi connectivity index (χ0v) is 29.7. The highest BCUT2D eigenvalue weighted by molar-refractivity contribution is 7.80. The first kappa shape index (κ1) is 32.1. The molecule has 0 unspecified atom stereocenters. The third-order valence-electron chi connectivity index (χ3n) is 8.86. The monoisotopic (exact) mass is 666 g/mol. The fourth-order valence-electron chi connectivity index (χ4n) is 6.57. The summed E-state index contributed by atoms with van der Waals surface area (Å²) in [6.45, 7) is 10.0. The van der Waals surface area contributed by atoms with Gasteiger partial charge in [-0.25, -0.2) is 0 Å². The van der Waals surface area contributed by atoms with E-state index in [1.54, 1.807) is 0 Å². The minimum absolute atomic E-state index is 0.276. The van der Waals surface area contributed by atoms with E-state index in [2.05, 4.69) is 159 Å². The Bertz CT molecular complexity index is 1850. The van der Waals surface area contributed by atoms with Crippen LogP contribution in [0.1, 0.15) is 38.8 Å². The van der Waals surface area contributed by atoms with Crippen molar-refractivity contribution in [1.82, 2.24) is 0 Å². The van der Waals surface area contributed by atoms with E-state index in [0.717, 1.165) is 23.0 Å². The molecule has 48 heavy (non-hydrogen) atoms. The van der Waals surface area contributed by atoms with Crippen molar-refractivity contribution < 1.29 is 14.2 Å². The first-order chi connectivity index (χ1) is 23.5. The van der Waals surface area contributed by atoms with Crippen molar-refractivity contribution in [2.24, 2.45) is 0 Å². The maximum atomic E-state index is 7.33. The van der Waals surface area contributed by atoms with Gasteiger partial charge in [-0.05, 0) is 75.2 Å². The van der Waals surface area contributed by atoms with Crippen LogP contribution in [0.2, 0.25) is 0 Å². The minimum atomic E-state index is -0.922. The maximum Gasteiger partial charge on any atom is 0.139 e. The SMILES string of the molecule is CCOc1ccc([P@](c2ccccc2)c2cccc3c2Oc2c([P@@](c4ccccc4)c4ccc(OCC)cc4)cccc2C3(C)C)cc1. The lowest BCUT2D eigenvalue weighted by Crippen LogP contribution is -2.32. The molecule has 0 bridgehead atoms. The van der Waals surface area contributed by atoms with E-state index < -0.39 is 15.8 Å². The van der Waals surface area contributed by atoms with Gasteiger partial charge in [0.15, 0.2) is 0 Å². The highest BCUT2D eigenvalue weighted by Gasteiger charge is 2.39. The van der Waals surface area contributed by atoms with Crippen LogP contribution in [0.25, 0.3) is 0 Å². The molecular formula is C43H40O3P2.